The van der Waals surface area contributed by atoms with E-state index < -0.39 is 5.60 Å². The van der Waals surface area contributed by atoms with Gasteiger partial charge in [-0.15, -0.1) is 11.6 Å². The quantitative estimate of drug-likeness (QED) is 0.803. The fourth-order valence-corrected chi connectivity index (χ4v) is 2.98. The number of carbonyl (C=O) groups excluding carboxylic acids is 2. The van der Waals surface area contributed by atoms with Gasteiger partial charge in [0.25, 0.3) is 0 Å². The second kappa shape index (κ2) is 8.04. The number of alkyl halides is 1. The highest BCUT2D eigenvalue weighted by atomic mass is 35.5. The Kier molecular flexibility index (Phi) is 6.98. The van der Waals surface area contributed by atoms with Crippen molar-refractivity contribution >= 4 is 23.6 Å². The lowest BCUT2D eigenvalue weighted by molar-refractivity contribution is -0.120. The zero-order valence-corrected chi connectivity index (χ0v) is 15.1. The van der Waals surface area contributed by atoms with E-state index in [9.17, 15) is 9.59 Å². The van der Waals surface area contributed by atoms with Gasteiger partial charge in [-0.3, -0.25) is 4.79 Å². The second-order valence-corrected chi connectivity index (χ2v) is 7.41. The van der Waals surface area contributed by atoms with E-state index in [1.165, 1.54) is 0 Å². The zero-order chi connectivity index (χ0) is 16.9. The minimum absolute atomic E-state index is 0.00773. The first-order valence-corrected chi connectivity index (χ1v) is 8.56. The van der Waals surface area contributed by atoms with Gasteiger partial charge in [0.1, 0.15) is 11.5 Å². The Bertz CT molecular complexity index is 393. The van der Waals surface area contributed by atoms with Gasteiger partial charge in [0.15, 0.2) is 0 Å². The lowest BCUT2D eigenvalue weighted by atomic mass is 9.88. The van der Waals surface area contributed by atoms with Crippen LogP contribution in [0.15, 0.2) is 0 Å². The lowest BCUT2D eigenvalue weighted by Crippen LogP contribution is -2.58. The van der Waals surface area contributed by atoms with E-state index in [0.29, 0.717) is 0 Å². The fraction of sp³-hybridized carbons (Fsp3) is 0.875. The van der Waals surface area contributed by atoms with Crippen LogP contribution in [0.25, 0.3) is 0 Å². The Morgan fingerprint density at radius 3 is 2.36 bits per heavy atom. The fourth-order valence-electron chi connectivity index (χ4n) is 2.90. The molecule has 0 bridgehead atoms. The predicted molar refractivity (Wildman–Crippen MR) is 88.1 cm³/mol. The average Bonchev–Trinajstić information content (AvgIpc) is 2.38. The molecule has 22 heavy (non-hydrogen) atoms. The molecule has 1 rings (SSSR count). The van der Waals surface area contributed by atoms with Crippen LogP contribution >= 0.6 is 11.6 Å². The van der Waals surface area contributed by atoms with Gasteiger partial charge in [-0.25, -0.2) is 4.79 Å². The molecule has 0 spiro atoms. The number of nitrogens with zero attached hydrogens (tertiary/aromatic N) is 1. The minimum Gasteiger partial charge on any atom is -0.444 e. The lowest BCUT2D eigenvalue weighted by Gasteiger charge is -2.42. The SMILES string of the molecule is CC(C)N(C(=O)OC(C)(C)C)[C@@H]1CCCC[C@@H]1NC(=O)CCl. The smallest absolute Gasteiger partial charge is 0.410 e. The summed E-state index contributed by atoms with van der Waals surface area (Å²) in [4.78, 5) is 26.0. The van der Waals surface area contributed by atoms with Gasteiger partial charge in [-0.1, -0.05) is 12.8 Å². The van der Waals surface area contributed by atoms with Gasteiger partial charge in [0.05, 0.1) is 6.04 Å². The van der Waals surface area contributed by atoms with Crippen LogP contribution in [0.3, 0.4) is 0 Å². The van der Waals surface area contributed by atoms with Crippen LogP contribution in [0.2, 0.25) is 0 Å². The highest BCUT2D eigenvalue weighted by Crippen LogP contribution is 2.26. The standard InChI is InChI=1S/C16H29ClN2O3/c1-11(2)19(15(21)22-16(3,4)5)13-9-7-6-8-12(13)18-14(20)10-17/h11-13H,6-10H2,1-5H3,(H,18,20)/t12-,13+/m0/s1. The molecule has 128 valence electrons. The summed E-state index contributed by atoms with van der Waals surface area (Å²) in [5, 5.41) is 2.95. The monoisotopic (exact) mass is 332 g/mol. The molecule has 0 saturated heterocycles. The summed E-state index contributed by atoms with van der Waals surface area (Å²) < 4.78 is 5.54. The van der Waals surface area contributed by atoms with Crippen LogP contribution in [0.5, 0.6) is 0 Å². The number of nitrogens with one attached hydrogen (secondary N) is 1. The van der Waals surface area contributed by atoms with Gasteiger partial charge in [-0.2, -0.15) is 0 Å². The van der Waals surface area contributed by atoms with Crippen molar-refractivity contribution in [3.63, 3.8) is 0 Å². The van der Waals surface area contributed by atoms with Crippen molar-refractivity contribution in [1.82, 2.24) is 10.2 Å². The summed E-state index contributed by atoms with van der Waals surface area (Å²) in [7, 11) is 0. The Morgan fingerprint density at radius 2 is 1.86 bits per heavy atom. The van der Waals surface area contributed by atoms with Crippen molar-refractivity contribution in [2.24, 2.45) is 0 Å². The van der Waals surface area contributed by atoms with E-state index in [1.54, 1.807) is 4.90 Å². The zero-order valence-electron chi connectivity index (χ0n) is 14.3. The van der Waals surface area contributed by atoms with Crippen molar-refractivity contribution in [2.75, 3.05) is 5.88 Å². The molecule has 1 saturated carbocycles. The Hall–Kier alpha value is -0.970. The molecule has 1 N–H and O–H groups in total. The predicted octanol–water partition coefficient (Wildman–Crippen LogP) is 3.30. The van der Waals surface area contributed by atoms with Crippen LogP contribution in [-0.4, -0.2) is 46.5 Å². The van der Waals surface area contributed by atoms with E-state index in [2.05, 4.69) is 5.32 Å². The summed E-state index contributed by atoms with van der Waals surface area (Å²) in [6, 6.07) is -0.0981. The number of carbonyl (C=O) groups is 2. The first-order valence-electron chi connectivity index (χ1n) is 8.02. The highest BCUT2D eigenvalue weighted by molar-refractivity contribution is 6.27. The molecular weight excluding hydrogens is 304 g/mol. The summed E-state index contributed by atoms with van der Waals surface area (Å²) in [5.41, 5.74) is -0.534. The molecule has 0 heterocycles. The van der Waals surface area contributed by atoms with Crippen molar-refractivity contribution < 1.29 is 14.3 Å². The third-order valence-corrected chi connectivity index (χ3v) is 3.96. The number of ether oxygens (including phenoxy) is 1. The maximum Gasteiger partial charge on any atom is 0.410 e. The first-order chi connectivity index (χ1) is 10.2. The van der Waals surface area contributed by atoms with E-state index in [1.807, 2.05) is 34.6 Å². The number of halogens is 1. The summed E-state index contributed by atoms with van der Waals surface area (Å²) in [6.45, 7) is 9.52. The van der Waals surface area contributed by atoms with Gasteiger partial charge in [0, 0.05) is 12.1 Å². The number of hydrogen-bond acceptors (Lipinski definition) is 3. The van der Waals surface area contributed by atoms with E-state index in [-0.39, 0.29) is 36.0 Å². The van der Waals surface area contributed by atoms with Crippen molar-refractivity contribution in [1.29, 1.82) is 0 Å². The largest absolute Gasteiger partial charge is 0.444 e. The van der Waals surface area contributed by atoms with Gasteiger partial charge < -0.3 is 15.0 Å². The summed E-state index contributed by atoms with van der Waals surface area (Å²) in [6.07, 6.45) is 3.50. The van der Waals surface area contributed by atoms with E-state index in [4.69, 9.17) is 16.3 Å². The highest BCUT2D eigenvalue weighted by Gasteiger charge is 2.37. The van der Waals surface area contributed by atoms with Crippen LogP contribution in [-0.2, 0) is 9.53 Å². The summed E-state index contributed by atoms with van der Waals surface area (Å²) >= 11 is 5.59. The Balaban J connectivity index is 2.90. The number of hydrogen-bond donors (Lipinski definition) is 1. The normalized spacial score (nSPS) is 22.3. The molecule has 0 aliphatic heterocycles. The summed E-state index contributed by atoms with van der Waals surface area (Å²) in [5.74, 6) is -0.247. The van der Waals surface area contributed by atoms with Gasteiger partial charge in [0.2, 0.25) is 5.91 Å². The van der Waals surface area contributed by atoms with Crippen LogP contribution in [0.1, 0.15) is 60.3 Å². The maximum atomic E-state index is 12.6. The molecule has 0 radical (unpaired) electrons. The van der Waals surface area contributed by atoms with Crippen molar-refractivity contribution in [3.8, 4) is 0 Å². The number of rotatable bonds is 4. The number of amides is 2. The average molecular weight is 333 g/mol. The van der Waals surface area contributed by atoms with Crippen molar-refractivity contribution in [2.45, 2.75) is 84.0 Å². The molecule has 2 atom stereocenters. The molecule has 0 unspecified atom stereocenters. The molecule has 0 aromatic heterocycles. The minimum atomic E-state index is -0.534. The Labute approximate surface area is 138 Å². The van der Waals surface area contributed by atoms with Gasteiger partial charge >= 0.3 is 6.09 Å². The third-order valence-electron chi connectivity index (χ3n) is 3.72. The molecule has 0 aromatic rings. The third kappa shape index (κ3) is 5.67. The molecule has 0 aromatic carbocycles. The molecule has 6 heteroatoms. The maximum absolute atomic E-state index is 12.6. The van der Waals surface area contributed by atoms with Crippen LogP contribution in [0.4, 0.5) is 4.79 Å². The molecule has 1 fully saturated rings. The van der Waals surface area contributed by atoms with E-state index in [0.717, 1.165) is 25.7 Å². The van der Waals surface area contributed by atoms with Crippen LogP contribution < -0.4 is 5.32 Å². The molecule has 2 amide bonds. The molecule has 5 nitrogen and oxygen atoms in total. The topological polar surface area (TPSA) is 58.6 Å². The van der Waals surface area contributed by atoms with Crippen molar-refractivity contribution in [3.05, 3.63) is 0 Å². The second-order valence-electron chi connectivity index (χ2n) is 7.14. The van der Waals surface area contributed by atoms with Gasteiger partial charge in [-0.05, 0) is 47.5 Å². The molecular formula is C16H29ClN2O3. The Morgan fingerprint density at radius 1 is 1.27 bits per heavy atom. The van der Waals surface area contributed by atoms with Crippen LogP contribution in [0, 0.1) is 0 Å². The molecule has 1 aliphatic carbocycles. The van der Waals surface area contributed by atoms with E-state index >= 15 is 0 Å². The molecule has 1 aliphatic rings. The first kappa shape index (κ1) is 19.1.